The molecule has 7 heteroatoms. The van der Waals surface area contributed by atoms with E-state index in [1.54, 1.807) is 8.61 Å². The van der Waals surface area contributed by atoms with Gasteiger partial charge in [0.2, 0.25) is 0 Å². The van der Waals surface area contributed by atoms with Crippen LogP contribution in [0.5, 0.6) is 0 Å². The zero-order valence-electron chi connectivity index (χ0n) is 12.5. The summed E-state index contributed by atoms with van der Waals surface area (Å²) in [7, 11) is -3.32. The largest absolute Gasteiger partial charge is 0.329 e. The Balaban J connectivity index is 0.00000200. The lowest BCUT2D eigenvalue weighted by molar-refractivity contribution is 0.172. The highest BCUT2D eigenvalue weighted by Gasteiger charge is 2.39. The van der Waals surface area contributed by atoms with Gasteiger partial charge in [-0.05, 0) is 37.5 Å². The Kier molecular flexibility index (Phi) is 6.73. The average molecular weight is 326 g/mol. The quantitative estimate of drug-likeness (QED) is 0.854. The molecule has 2 aliphatic rings. The maximum Gasteiger partial charge on any atom is 0.282 e. The summed E-state index contributed by atoms with van der Waals surface area (Å²) in [5.74, 6) is 0.995. The minimum absolute atomic E-state index is 0. The van der Waals surface area contributed by atoms with E-state index in [1.807, 2.05) is 0 Å². The van der Waals surface area contributed by atoms with Gasteiger partial charge < -0.3 is 5.73 Å². The lowest BCUT2D eigenvalue weighted by Gasteiger charge is -2.42. The molecule has 2 N–H and O–H groups in total. The van der Waals surface area contributed by atoms with Gasteiger partial charge in [-0.2, -0.15) is 17.0 Å². The van der Waals surface area contributed by atoms with E-state index in [4.69, 9.17) is 5.73 Å². The van der Waals surface area contributed by atoms with E-state index in [0.29, 0.717) is 38.0 Å². The van der Waals surface area contributed by atoms with Crippen LogP contribution in [0.25, 0.3) is 0 Å². The summed E-state index contributed by atoms with van der Waals surface area (Å²) in [6, 6.07) is -0.0295. The van der Waals surface area contributed by atoms with Crippen LogP contribution < -0.4 is 5.73 Å². The van der Waals surface area contributed by atoms with E-state index >= 15 is 0 Å². The van der Waals surface area contributed by atoms with E-state index in [-0.39, 0.29) is 18.4 Å². The van der Waals surface area contributed by atoms with Crippen LogP contribution in [0, 0.1) is 11.8 Å². The molecule has 0 radical (unpaired) electrons. The second kappa shape index (κ2) is 7.40. The third-order valence-corrected chi connectivity index (χ3v) is 6.74. The average Bonchev–Trinajstić information content (AvgIpc) is 2.39. The van der Waals surface area contributed by atoms with Crippen molar-refractivity contribution in [3.63, 3.8) is 0 Å². The van der Waals surface area contributed by atoms with Gasteiger partial charge in [-0.3, -0.25) is 0 Å². The summed E-state index contributed by atoms with van der Waals surface area (Å²) >= 11 is 0. The molecular formula is C13H28ClN3O2S. The summed E-state index contributed by atoms with van der Waals surface area (Å²) in [6.07, 6.45) is 3.96. The molecule has 0 amide bonds. The molecule has 2 rings (SSSR count). The summed E-state index contributed by atoms with van der Waals surface area (Å²) in [6.45, 7) is 6.66. The SMILES string of the molecule is CC1CCN(S(=O)(=O)N2CCCC(C)C2CN)CC1.Cl. The highest BCUT2D eigenvalue weighted by Crippen LogP contribution is 2.28. The van der Waals surface area contributed by atoms with Gasteiger partial charge in [-0.15, -0.1) is 12.4 Å². The monoisotopic (exact) mass is 325 g/mol. The number of nitrogens with zero attached hydrogens (tertiary/aromatic N) is 2. The van der Waals surface area contributed by atoms with Crippen LogP contribution in [0.4, 0.5) is 0 Å². The molecule has 120 valence electrons. The van der Waals surface area contributed by atoms with E-state index in [9.17, 15) is 8.42 Å². The van der Waals surface area contributed by atoms with Crippen LogP contribution in [-0.4, -0.2) is 49.2 Å². The molecule has 0 aromatic rings. The molecule has 2 heterocycles. The fourth-order valence-corrected chi connectivity index (χ4v) is 5.18. The van der Waals surface area contributed by atoms with E-state index in [1.165, 1.54) is 0 Å². The first-order valence-electron chi connectivity index (χ1n) is 7.43. The number of rotatable bonds is 3. The lowest BCUT2D eigenvalue weighted by atomic mass is 9.93. The minimum atomic E-state index is -3.32. The summed E-state index contributed by atoms with van der Waals surface area (Å²) in [4.78, 5) is 0. The maximum atomic E-state index is 12.8. The van der Waals surface area contributed by atoms with Crippen molar-refractivity contribution in [1.82, 2.24) is 8.61 Å². The van der Waals surface area contributed by atoms with Crippen molar-refractivity contribution >= 4 is 22.6 Å². The smallest absolute Gasteiger partial charge is 0.282 e. The van der Waals surface area contributed by atoms with Gasteiger partial charge in [0.05, 0.1) is 0 Å². The summed E-state index contributed by atoms with van der Waals surface area (Å²) in [5, 5.41) is 0. The molecule has 2 saturated heterocycles. The second-order valence-corrected chi connectivity index (χ2v) is 8.00. The van der Waals surface area contributed by atoms with Gasteiger partial charge >= 0.3 is 0 Å². The number of hydrogen-bond acceptors (Lipinski definition) is 3. The molecule has 2 fully saturated rings. The van der Waals surface area contributed by atoms with Crippen molar-refractivity contribution in [2.75, 3.05) is 26.2 Å². The molecule has 0 aromatic carbocycles. The molecule has 0 aromatic heterocycles. The van der Waals surface area contributed by atoms with Crippen LogP contribution in [-0.2, 0) is 10.2 Å². The zero-order chi connectivity index (χ0) is 14.0. The van der Waals surface area contributed by atoms with Crippen molar-refractivity contribution in [3.8, 4) is 0 Å². The Morgan fingerprint density at radius 3 is 2.25 bits per heavy atom. The fraction of sp³-hybridized carbons (Fsp3) is 1.00. The molecule has 0 spiro atoms. The van der Waals surface area contributed by atoms with Crippen LogP contribution in [0.1, 0.15) is 39.5 Å². The number of hydrogen-bond donors (Lipinski definition) is 1. The van der Waals surface area contributed by atoms with Gasteiger partial charge in [-0.1, -0.05) is 13.8 Å². The van der Waals surface area contributed by atoms with Gasteiger partial charge in [-0.25, -0.2) is 0 Å². The fourth-order valence-electron chi connectivity index (χ4n) is 3.21. The molecule has 2 aliphatic heterocycles. The third kappa shape index (κ3) is 3.65. The molecule has 20 heavy (non-hydrogen) atoms. The molecule has 2 unspecified atom stereocenters. The summed E-state index contributed by atoms with van der Waals surface area (Å²) in [5.41, 5.74) is 5.81. The van der Waals surface area contributed by atoms with Crippen molar-refractivity contribution in [3.05, 3.63) is 0 Å². The standard InChI is InChI=1S/C13H27N3O2S.ClH/c1-11-5-8-15(9-6-11)19(17,18)16-7-3-4-12(2)13(16)10-14;/h11-13H,3-10,14H2,1-2H3;1H. The Bertz CT molecular complexity index is 396. The Morgan fingerprint density at radius 1 is 1.10 bits per heavy atom. The molecule has 2 atom stereocenters. The molecule has 0 saturated carbocycles. The van der Waals surface area contributed by atoms with Crippen LogP contribution in [0.3, 0.4) is 0 Å². The van der Waals surface area contributed by atoms with Gasteiger partial charge in [0, 0.05) is 32.2 Å². The highest BCUT2D eigenvalue weighted by molar-refractivity contribution is 7.86. The van der Waals surface area contributed by atoms with Crippen LogP contribution in [0.15, 0.2) is 0 Å². The van der Waals surface area contributed by atoms with Gasteiger partial charge in [0.1, 0.15) is 0 Å². The third-order valence-electron chi connectivity index (χ3n) is 4.67. The van der Waals surface area contributed by atoms with E-state index in [2.05, 4.69) is 13.8 Å². The lowest BCUT2D eigenvalue weighted by Crippen LogP contribution is -2.56. The van der Waals surface area contributed by atoms with Gasteiger partial charge in [0.15, 0.2) is 0 Å². The van der Waals surface area contributed by atoms with Crippen molar-refractivity contribution in [2.45, 2.75) is 45.6 Å². The predicted octanol–water partition coefficient (Wildman–Crippen LogP) is 1.44. The Hall–Kier alpha value is 0.120. The minimum Gasteiger partial charge on any atom is -0.329 e. The first-order chi connectivity index (χ1) is 8.96. The van der Waals surface area contributed by atoms with Crippen LogP contribution in [0.2, 0.25) is 0 Å². The molecule has 5 nitrogen and oxygen atoms in total. The van der Waals surface area contributed by atoms with Crippen molar-refractivity contribution in [1.29, 1.82) is 0 Å². The molecular weight excluding hydrogens is 298 g/mol. The van der Waals surface area contributed by atoms with Crippen molar-refractivity contribution < 1.29 is 8.42 Å². The highest BCUT2D eigenvalue weighted by atomic mass is 35.5. The van der Waals surface area contributed by atoms with Crippen molar-refractivity contribution in [2.24, 2.45) is 17.6 Å². The topological polar surface area (TPSA) is 66.6 Å². The Morgan fingerprint density at radius 2 is 1.70 bits per heavy atom. The van der Waals surface area contributed by atoms with Gasteiger partial charge in [0.25, 0.3) is 10.2 Å². The normalized spacial score (nSPS) is 30.9. The van der Waals surface area contributed by atoms with Crippen LogP contribution >= 0.6 is 12.4 Å². The zero-order valence-corrected chi connectivity index (χ0v) is 14.1. The Labute approximate surface area is 129 Å². The first kappa shape index (κ1) is 18.2. The maximum absolute atomic E-state index is 12.8. The first-order valence-corrected chi connectivity index (χ1v) is 8.83. The second-order valence-electron chi connectivity index (χ2n) is 6.12. The molecule has 0 aliphatic carbocycles. The molecule has 0 bridgehead atoms. The van der Waals surface area contributed by atoms with E-state index in [0.717, 1.165) is 25.7 Å². The summed E-state index contributed by atoms with van der Waals surface area (Å²) < 4.78 is 28.8. The predicted molar refractivity (Wildman–Crippen MR) is 84.1 cm³/mol. The number of nitrogens with two attached hydrogens (primary N) is 1. The van der Waals surface area contributed by atoms with E-state index < -0.39 is 10.2 Å². The number of halogens is 1. The number of piperidine rings is 2.